The Morgan fingerprint density at radius 3 is 2.36 bits per heavy atom. The number of rotatable bonds is 7. The van der Waals surface area contributed by atoms with E-state index in [1.165, 1.54) is 23.5 Å². The molecule has 0 radical (unpaired) electrons. The summed E-state index contributed by atoms with van der Waals surface area (Å²) in [7, 11) is 0. The number of benzene rings is 2. The molecule has 2 heterocycles. The topological polar surface area (TPSA) is 135 Å². The van der Waals surface area contributed by atoms with Crippen molar-refractivity contribution in [1.82, 2.24) is 15.2 Å². The van der Waals surface area contributed by atoms with Crippen molar-refractivity contribution < 1.29 is 19.0 Å². The van der Waals surface area contributed by atoms with Crippen LogP contribution in [0.15, 0.2) is 36.4 Å². The Balaban J connectivity index is 1.29. The number of carbonyl (C=O) groups excluding carboxylic acids is 1. The number of non-ortho nitro benzene ring substituents is 2. The van der Waals surface area contributed by atoms with Crippen molar-refractivity contribution in [2.24, 2.45) is 0 Å². The summed E-state index contributed by atoms with van der Waals surface area (Å²) < 4.78 is 14.2. The number of hydrogen-bond donors (Lipinski definition) is 1. The van der Waals surface area contributed by atoms with Crippen LogP contribution in [0.3, 0.4) is 0 Å². The molecule has 13 heteroatoms. The van der Waals surface area contributed by atoms with Crippen LogP contribution in [0.4, 0.5) is 20.9 Å². The molecule has 0 atom stereocenters. The van der Waals surface area contributed by atoms with E-state index in [0.29, 0.717) is 6.54 Å². The summed E-state index contributed by atoms with van der Waals surface area (Å²) in [6, 6.07) is 7.39. The number of thiazole rings is 1. The van der Waals surface area contributed by atoms with E-state index in [1.807, 2.05) is 0 Å². The number of nitrogens with zero attached hydrogens (tertiary/aromatic N) is 5. The van der Waals surface area contributed by atoms with Crippen molar-refractivity contribution >= 4 is 44.0 Å². The monoisotopic (exact) mass is 474 g/mol. The second-order valence-corrected chi connectivity index (χ2v) is 8.45. The maximum Gasteiger partial charge on any atom is 0.277 e. The fraction of sp³-hybridized carbons (Fsp3) is 0.300. The summed E-state index contributed by atoms with van der Waals surface area (Å²) in [6.45, 7) is 3.78. The van der Waals surface area contributed by atoms with E-state index in [2.05, 4.69) is 20.1 Å². The summed E-state index contributed by atoms with van der Waals surface area (Å²) in [5.41, 5.74) is -0.387. The third-order valence-corrected chi connectivity index (χ3v) is 6.36. The van der Waals surface area contributed by atoms with Gasteiger partial charge in [0.2, 0.25) is 0 Å². The van der Waals surface area contributed by atoms with Gasteiger partial charge in [0.25, 0.3) is 17.3 Å². The number of carbonyl (C=O) groups is 1. The van der Waals surface area contributed by atoms with Crippen LogP contribution in [-0.4, -0.2) is 64.9 Å². The number of halogens is 1. The lowest BCUT2D eigenvalue weighted by Gasteiger charge is -2.34. The predicted octanol–water partition coefficient (Wildman–Crippen LogP) is 2.80. The van der Waals surface area contributed by atoms with E-state index in [4.69, 9.17) is 0 Å². The average Bonchev–Trinajstić information content (AvgIpc) is 3.22. The van der Waals surface area contributed by atoms with E-state index in [0.717, 1.165) is 59.7 Å². The minimum atomic E-state index is -0.773. The number of aromatic nitrogens is 1. The molecule has 0 aliphatic carbocycles. The number of fused-ring (bicyclic) bond motifs is 1. The molecule has 11 nitrogen and oxygen atoms in total. The maximum absolute atomic E-state index is 13.4. The normalized spacial score (nSPS) is 14.4. The highest BCUT2D eigenvalue weighted by atomic mass is 32.1. The summed E-state index contributed by atoms with van der Waals surface area (Å²) in [4.78, 5) is 41.7. The Bertz CT molecular complexity index is 1190. The third-order valence-electron chi connectivity index (χ3n) is 5.28. The van der Waals surface area contributed by atoms with E-state index in [1.54, 1.807) is 6.07 Å². The van der Waals surface area contributed by atoms with Crippen LogP contribution < -0.4 is 10.2 Å². The lowest BCUT2D eigenvalue weighted by Crippen LogP contribution is -2.48. The number of piperazine rings is 1. The van der Waals surface area contributed by atoms with E-state index in [-0.39, 0.29) is 17.9 Å². The standard InChI is InChI=1S/C20H19FN6O5S/c21-14-1-2-17-18(11-14)33-20(23-17)25-7-5-24(6-8-25)4-3-22-19(28)13-9-15(26(29)30)12-16(10-13)27(31)32/h1-2,9-12H,3-8H2,(H,22,28). The second kappa shape index (κ2) is 9.42. The van der Waals surface area contributed by atoms with Gasteiger partial charge in [0.05, 0.1) is 31.7 Å². The Morgan fingerprint density at radius 2 is 1.73 bits per heavy atom. The predicted molar refractivity (Wildman–Crippen MR) is 120 cm³/mol. The van der Waals surface area contributed by atoms with Crippen molar-refractivity contribution in [1.29, 1.82) is 0 Å². The molecular weight excluding hydrogens is 455 g/mol. The van der Waals surface area contributed by atoms with Crippen LogP contribution >= 0.6 is 11.3 Å². The molecule has 2 aromatic carbocycles. The molecule has 1 N–H and O–H groups in total. The van der Waals surface area contributed by atoms with Gasteiger partial charge in [0.15, 0.2) is 5.13 Å². The van der Waals surface area contributed by atoms with Gasteiger partial charge in [-0.05, 0) is 18.2 Å². The number of hydrogen-bond acceptors (Lipinski definition) is 9. The highest BCUT2D eigenvalue weighted by Gasteiger charge is 2.22. The fourth-order valence-electron chi connectivity index (χ4n) is 3.55. The van der Waals surface area contributed by atoms with Crippen LogP contribution in [0.2, 0.25) is 0 Å². The van der Waals surface area contributed by atoms with Gasteiger partial charge in [0.1, 0.15) is 5.82 Å². The highest BCUT2D eigenvalue weighted by Crippen LogP contribution is 2.30. The Kier molecular flexibility index (Phi) is 6.42. The second-order valence-electron chi connectivity index (χ2n) is 7.45. The number of nitro benzene ring substituents is 2. The highest BCUT2D eigenvalue weighted by molar-refractivity contribution is 7.22. The van der Waals surface area contributed by atoms with Crippen LogP contribution in [0, 0.1) is 26.0 Å². The van der Waals surface area contributed by atoms with E-state index >= 15 is 0 Å². The van der Waals surface area contributed by atoms with Gasteiger partial charge in [0, 0.05) is 51.4 Å². The Morgan fingerprint density at radius 1 is 1.06 bits per heavy atom. The van der Waals surface area contributed by atoms with Crippen LogP contribution in [-0.2, 0) is 0 Å². The van der Waals surface area contributed by atoms with E-state index in [9.17, 15) is 29.4 Å². The Labute approximate surface area is 190 Å². The first-order chi connectivity index (χ1) is 15.8. The van der Waals surface area contributed by atoms with Crippen molar-refractivity contribution in [3.05, 3.63) is 68.0 Å². The molecule has 1 aliphatic rings. The Hall–Kier alpha value is -3.71. The molecular formula is C20H19FN6O5S. The summed E-state index contributed by atoms with van der Waals surface area (Å²) >= 11 is 1.45. The third kappa shape index (κ3) is 5.21. The van der Waals surface area contributed by atoms with Crippen molar-refractivity contribution in [2.45, 2.75) is 0 Å². The molecule has 1 amide bonds. The van der Waals surface area contributed by atoms with Gasteiger partial charge in [-0.2, -0.15) is 0 Å². The first-order valence-corrected chi connectivity index (χ1v) is 10.9. The number of amides is 1. The molecule has 0 saturated carbocycles. The molecule has 1 aromatic heterocycles. The first kappa shape index (κ1) is 22.5. The zero-order chi connectivity index (χ0) is 23.5. The number of anilines is 1. The van der Waals surface area contributed by atoms with Gasteiger partial charge in [-0.1, -0.05) is 11.3 Å². The number of nitrogens with one attached hydrogen (secondary N) is 1. The molecule has 0 unspecified atom stereocenters. The zero-order valence-corrected chi connectivity index (χ0v) is 18.1. The minimum absolute atomic E-state index is 0.131. The lowest BCUT2D eigenvalue weighted by atomic mass is 10.1. The molecule has 1 saturated heterocycles. The van der Waals surface area contributed by atoms with Gasteiger partial charge in [-0.15, -0.1) is 0 Å². The van der Waals surface area contributed by atoms with Crippen molar-refractivity contribution in [2.75, 3.05) is 44.2 Å². The van der Waals surface area contributed by atoms with Gasteiger partial charge in [-0.3, -0.25) is 29.9 Å². The van der Waals surface area contributed by atoms with Gasteiger partial charge in [-0.25, -0.2) is 9.37 Å². The summed E-state index contributed by atoms with van der Waals surface area (Å²) in [6.07, 6.45) is 0. The molecule has 0 bridgehead atoms. The van der Waals surface area contributed by atoms with Crippen molar-refractivity contribution in [3.8, 4) is 0 Å². The first-order valence-electron chi connectivity index (χ1n) is 10.1. The van der Waals surface area contributed by atoms with Gasteiger partial charge < -0.3 is 10.2 Å². The molecule has 0 spiro atoms. The van der Waals surface area contributed by atoms with Crippen LogP contribution in [0.1, 0.15) is 10.4 Å². The quantitative estimate of drug-likeness (QED) is 0.408. The molecule has 3 aromatic rings. The van der Waals surface area contributed by atoms with Crippen LogP contribution in [0.25, 0.3) is 10.2 Å². The molecule has 4 rings (SSSR count). The molecule has 172 valence electrons. The molecule has 1 fully saturated rings. The van der Waals surface area contributed by atoms with Crippen LogP contribution in [0.5, 0.6) is 0 Å². The average molecular weight is 474 g/mol. The lowest BCUT2D eigenvalue weighted by molar-refractivity contribution is -0.394. The summed E-state index contributed by atoms with van der Waals surface area (Å²) in [5.74, 6) is -0.897. The summed E-state index contributed by atoms with van der Waals surface area (Å²) in [5, 5.41) is 25.5. The number of nitro groups is 2. The smallest absolute Gasteiger partial charge is 0.277 e. The molecule has 1 aliphatic heterocycles. The maximum atomic E-state index is 13.4. The zero-order valence-electron chi connectivity index (χ0n) is 17.3. The van der Waals surface area contributed by atoms with E-state index < -0.39 is 27.1 Å². The van der Waals surface area contributed by atoms with Crippen molar-refractivity contribution in [3.63, 3.8) is 0 Å². The SMILES string of the molecule is O=C(NCCN1CCN(c2nc3ccc(F)cc3s2)CC1)c1cc([N+](=O)[O-])cc([N+](=O)[O-])c1. The fourth-order valence-corrected chi connectivity index (χ4v) is 4.59. The largest absolute Gasteiger partial charge is 0.351 e. The van der Waals surface area contributed by atoms with Gasteiger partial charge >= 0.3 is 0 Å². The minimum Gasteiger partial charge on any atom is -0.351 e. The molecule has 33 heavy (non-hydrogen) atoms.